The maximum Gasteiger partial charge on any atom is 0.154 e. The van der Waals surface area contributed by atoms with E-state index in [9.17, 15) is 0 Å². The monoisotopic (exact) mass is 280 g/mol. The molecule has 0 heterocycles. The van der Waals surface area contributed by atoms with E-state index in [0.29, 0.717) is 6.04 Å². The lowest BCUT2D eigenvalue weighted by Gasteiger charge is -2.06. The van der Waals surface area contributed by atoms with Crippen LogP contribution in [-0.2, 0) is 5.75 Å². The predicted octanol–water partition coefficient (Wildman–Crippen LogP) is 3.90. The highest BCUT2D eigenvalue weighted by Crippen LogP contribution is 2.23. The lowest BCUT2D eigenvalue weighted by atomic mass is 10.2. The highest BCUT2D eigenvalue weighted by Gasteiger charge is 2.13. The summed E-state index contributed by atoms with van der Waals surface area (Å²) in [5, 5.41) is 0.746. The topological polar surface area (TPSA) is 38.4 Å². The fourth-order valence-electron chi connectivity index (χ4n) is 2.13. The number of nitrogens with zero attached hydrogens (tertiary/aromatic N) is 1. The molecule has 0 unspecified atom stereocenters. The fraction of sp³-hybridized carbons (Fsp3) is 0.500. The lowest BCUT2D eigenvalue weighted by molar-refractivity contribution is 0.708. The molecule has 0 amide bonds. The van der Waals surface area contributed by atoms with Crippen molar-refractivity contribution in [1.82, 2.24) is 0 Å². The number of rotatable bonds is 4. The molecule has 1 aliphatic rings. The molecule has 1 fully saturated rings. The summed E-state index contributed by atoms with van der Waals surface area (Å²) in [6.07, 6.45) is 7.13. The van der Waals surface area contributed by atoms with Gasteiger partial charge in [0.1, 0.15) is 0 Å². The van der Waals surface area contributed by atoms with E-state index >= 15 is 0 Å². The first-order chi connectivity index (χ1) is 8.78. The predicted molar refractivity (Wildman–Crippen MR) is 83.4 cm³/mol. The van der Waals surface area contributed by atoms with Gasteiger partial charge in [0.15, 0.2) is 5.17 Å². The third-order valence-electron chi connectivity index (χ3n) is 3.18. The Morgan fingerprint density at radius 3 is 2.56 bits per heavy atom. The first-order valence-corrected chi connectivity index (χ1v) is 8.58. The van der Waals surface area contributed by atoms with Gasteiger partial charge in [-0.25, -0.2) is 0 Å². The fourth-order valence-corrected chi connectivity index (χ4v) is 3.27. The Morgan fingerprint density at radius 2 is 1.94 bits per heavy atom. The Morgan fingerprint density at radius 1 is 1.28 bits per heavy atom. The Bertz CT molecular complexity index is 395. The van der Waals surface area contributed by atoms with Crippen molar-refractivity contribution in [2.24, 2.45) is 10.7 Å². The summed E-state index contributed by atoms with van der Waals surface area (Å²) in [7, 11) is 0. The van der Waals surface area contributed by atoms with Gasteiger partial charge in [-0.05, 0) is 36.8 Å². The van der Waals surface area contributed by atoms with E-state index in [2.05, 4.69) is 35.5 Å². The first kappa shape index (κ1) is 13.8. The van der Waals surface area contributed by atoms with Crippen LogP contribution in [0.3, 0.4) is 0 Å². The van der Waals surface area contributed by atoms with Crippen molar-refractivity contribution in [3.8, 4) is 0 Å². The van der Waals surface area contributed by atoms with Gasteiger partial charge < -0.3 is 5.73 Å². The third kappa shape index (κ3) is 4.25. The maximum atomic E-state index is 5.97. The molecule has 0 radical (unpaired) electrons. The third-order valence-corrected chi connectivity index (χ3v) is 4.80. The molecule has 0 spiro atoms. The number of aliphatic imine (C=N–C) groups is 1. The van der Waals surface area contributed by atoms with Crippen LogP contribution in [0, 0.1) is 0 Å². The molecule has 2 nitrogen and oxygen atoms in total. The smallest absolute Gasteiger partial charge is 0.154 e. The summed E-state index contributed by atoms with van der Waals surface area (Å²) < 4.78 is 0. The second kappa shape index (κ2) is 7.10. The number of benzene rings is 1. The summed E-state index contributed by atoms with van der Waals surface area (Å²) in [5.41, 5.74) is 7.27. The van der Waals surface area contributed by atoms with Crippen molar-refractivity contribution in [3.05, 3.63) is 29.8 Å². The minimum absolute atomic E-state index is 0.483. The molecule has 1 aromatic carbocycles. The van der Waals surface area contributed by atoms with E-state index in [1.165, 1.54) is 36.1 Å². The molecule has 0 aromatic heterocycles. The van der Waals surface area contributed by atoms with Crippen molar-refractivity contribution in [1.29, 1.82) is 0 Å². The standard InChI is InChI=1S/C14H20N2S2/c1-17-13-8-6-11(7-9-13)10-18-14(15)16-12-4-2-3-5-12/h6-9,12H,2-5,10H2,1H3,(H2,15,16). The Hall–Kier alpha value is -0.610. The minimum atomic E-state index is 0.483. The second-order valence-corrected chi connectivity index (χ2v) is 6.42. The van der Waals surface area contributed by atoms with Crippen molar-refractivity contribution in [2.75, 3.05) is 6.26 Å². The van der Waals surface area contributed by atoms with Crippen LogP contribution in [-0.4, -0.2) is 17.5 Å². The molecule has 1 aromatic rings. The van der Waals surface area contributed by atoms with Crippen LogP contribution >= 0.6 is 23.5 Å². The van der Waals surface area contributed by atoms with Gasteiger partial charge in [0.25, 0.3) is 0 Å². The normalized spacial score (nSPS) is 17.3. The molecule has 1 saturated carbocycles. The molecule has 18 heavy (non-hydrogen) atoms. The van der Waals surface area contributed by atoms with Gasteiger partial charge in [-0.1, -0.05) is 36.7 Å². The number of thioether (sulfide) groups is 2. The van der Waals surface area contributed by atoms with Crippen molar-refractivity contribution in [2.45, 2.75) is 42.4 Å². The second-order valence-electron chi connectivity index (χ2n) is 4.54. The largest absolute Gasteiger partial charge is 0.379 e. The van der Waals surface area contributed by atoms with Crippen molar-refractivity contribution >= 4 is 28.7 Å². The van der Waals surface area contributed by atoms with E-state index in [-0.39, 0.29) is 0 Å². The van der Waals surface area contributed by atoms with E-state index < -0.39 is 0 Å². The van der Waals surface area contributed by atoms with E-state index in [1.54, 1.807) is 23.5 Å². The van der Waals surface area contributed by atoms with Gasteiger partial charge in [-0.15, -0.1) is 11.8 Å². The van der Waals surface area contributed by atoms with Crippen LogP contribution < -0.4 is 5.73 Å². The average molecular weight is 280 g/mol. The number of nitrogens with two attached hydrogens (primary N) is 1. The highest BCUT2D eigenvalue weighted by molar-refractivity contribution is 8.13. The van der Waals surface area contributed by atoms with Crippen molar-refractivity contribution in [3.63, 3.8) is 0 Å². The number of amidine groups is 1. The molecule has 4 heteroatoms. The molecule has 1 aliphatic carbocycles. The zero-order valence-corrected chi connectivity index (χ0v) is 12.4. The van der Waals surface area contributed by atoms with Crippen LogP contribution in [0.4, 0.5) is 0 Å². The molecular weight excluding hydrogens is 260 g/mol. The molecule has 0 saturated heterocycles. The molecule has 0 aliphatic heterocycles. The number of hydrogen-bond donors (Lipinski definition) is 1. The van der Waals surface area contributed by atoms with Crippen LogP contribution in [0.1, 0.15) is 31.2 Å². The van der Waals surface area contributed by atoms with Gasteiger partial charge in [0.2, 0.25) is 0 Å². The van der Waals surface area contributed by atoms with Crippen LogP contribution in [0.2, 0.25) is 0 Å². The summed E-state index contributed by atoms with van der Waals surface area (Å²) in [6.45, 7) is 0. The maximum absolute atomic E-state index is 5.97. The highest BCUT2D eigenvalue weighted by atomic mass is 32.2. The van der Waals surface area contributed by atoms with Gasteiger partial charge >= 0.3 is 0 Å². The quantitative estimate of drug-likeness (QED) is 0.516. The molecular formula is C14H20N2S2. The Labute approximate surface area is 118 Å². The van der Waals surface area contributed by atoms with Crippen LogP contribution in [0.25, 0.3) is 0 Å². The van der Waals surface area contributed by atoms with Gasteiger partial charge in [-0.3, -0.25) is 4.99 Å². The van der Waals surface area contributed by atoms with E-state index in [1.807, 2.05) is 0 Å². The zero-order valence-electron chi connectivity index (χ0n) is 10.8. The number of hydrogen-bond acceptors (Lipinski definition) is 3. The van der Waals surface area contributed by atoms with Gasteiger partial charge in [0.05, 0.1) is 6.04 Å². The molecule has 2 N–H and O–H groups in total. The summed E-state index contributed by atoms with van der Waals surface area (Å²) in [4.78, 5) is 5.88. The minimum Gasteiger partial charge on any atom is -0.379 e. The zero-order chi connectivity index (χ0) is 12.8. The Kier molecular flexibility index (Phi) is 5.45. The summed E-state index contributed by atoms with van der Waals surface area (Å²) in [6, 6.07) is 9.13. The van der Waals surface area contributed by atoms with Crippen LogP contribution in [0.5, 0.6) is 0 Å². The Balaban J connectivity index is 1.82. The first-order valence-electron chi connectivity index (χ1n) is 6.37. The molecule has 2 rings (SSSR count). The molecule has 0 atom stereocenters. The van der Waals surface area contributed by atoms with Gasteiger partial charge in [0, 0.05) is 10.6 Å². The van der Waals surface area contributed by atoms with E-state index in [0.717, 1.165) is 10.9 Å². The average Bonchev–Trinajstić information content (AvgIpc) is 2.90. The lowest BCUT2D eigenvalue weighted by Crippen LogP contribution is -2.11. The van der Waals surface area contributed by atoms with E-state index in [4.69, 9.17) is 5.73 Å². The van der Waals surface area contributed by atoms with Crippen LogP contribution in [0.15, 0.2) is 34.2 Å². The molecule has 0 bridgehead atoms. The SMILES string of the molecule is CSc1ccc(CSC(N)=NC2CCCC2)cc1. The molecule has 98 valence electrons. The van der Waals surface area contributed by atoms with Crippen molar-refractivity contribution < 1.29 is 0 Å². The summed E-state index contributed by atoms with van der Waals surface area (Å²) >= 11 is 3.42. The summed E-state index contributed by atoms with van der Waals surface area (Å²) in [5.74, 6) is 0.913. The van der Waals surface area contributed by atoms with Gasteiger partial charge in [-0.2, -0.15) is 0 Å².